The van der Waals surface area contributed by atoms with Gasteiger partial charge in [0.1, 0.15) is 36.4 Å². The number of imide groups is 1. The van der Waals surface area contributed by atoms with Gasteiger partial charge >= 0.3 is 5.97 Å². The first-order valence-electron chi connectivity index (χ1n) is 24.6. The van der Waals surface area contributed by atoms with E-state index in [4.69, 9.17) is 26.7 Å². The van der Waals surface area contributed by atoms with Crippen molar-refractivity contribution in [2.45, 2.75) is 110 Å². The number of benzene rings is 1. The molecule has 0 radical (unpaired) electrons. The van der Waals surface area contributed by atoms with Crippen LogP contribution in [0.2, 0.25) is 0 Å². The highest BCUT2D eigenvalue weighted by atomic mass is 32.1. The number of aryl methyl sites for hydroxylation is 1. The zero-order chi connectivity index (χ0) is 53.3. The van der Waals surface area contributed by atoms with Crippen LogP contribution in [0.3, 0.4) is 0 Å². The van der Waals surface area contributed by atoms with Crippen molar-refractivity contribution in [1.82, 2.24) is 46.4 Å². The van der Waals surface area contributed by atoms with Gasteiger partial charge in [-0.1, -0.05) is 50.7 Å². The molecule has 5 heterocycles. The number of unbranched alkanes of at least 4 members (excludes halogenated alkanes) is 2. The van der Waals surface area contributed by atoms with E-state index in [0.29, 0.717) is 80.6 Å². The maximum absolute atomic E-state index is 14.9. The Hall–Kier alpha value is -7.24. The molecule has 1 unspecified atom stereocenters. The van der Waals surface area contributed by atoms with Crippen LogP contribution in [0, 0.1) is 23.3 Å². The number of cyclic esters (lactones) is 1. The van der Waals surface area contributed by atoms with Gasteiger partial charge in [-0.15, -0.1) is 0 Å². The molecule has 7 N–H and O–H groups in total. The number of hydrogen-bond donors (Lipinski definition) is 7. The second-order valence-electron chi connectivity index (χ2n) is 18.7. The summed E-state index contributed by atoms with van der Waals surface area (Å²) in [6.45, 7) is 3.45. The summed E-state index contributed by atoms with van der Waals surface area (Å²) in [4.78, 5) is 119. The number of ether oxygens (including phenoxy) is 2. The van der Waals surface area contributed by atoms with E-state index >= 15 is 0 Å². The van der Waals surface area contributed by atoms with Gasteiger partial charge in [0.25, 0.3) is 0 Å². The minimum atomic E-state index is -1.92. The number of allylic oxidation sites excluding steroid dienone is 3. The number of aromatic nitrogens is 2. The molecular formula is C51H60FN9O12S. The molecule has 1 saturated heterocycles. The number of hydrogen-bond acceptors (Lipinski definition) is 14. The van der Waals surface area contributed by atoms with E-state index in [-0.39, 0.29) is 82.0 Å². The molecule has 1 fully saturated rings. The third kappa shape index (κ3) is 12.9. The molecule has 394 valence electrons. The van der Waals surface area contributed by atoms with Gasteiger partial charge in [0.05, 0.1) is 43.1 Å². The molecule has 3 atom stereocenters. The largest absolute Gasteiger partial charge is 0.458 e. The van der Waals surface area contributed by atoms with E-state index in [2.05, 4.69) is 31.9 Å². The second-order valence-corrected chi connectivity index (χ2v) is 19.1. The molecule has 3 aromatic rings. The third-order valence-electron chi connectivity index (χ3n) is 13.4. The monoisotopic (exact) mass is 1040 g/mol. The summed E-state index contributed by atoms with van der Waals surface area (Å²) >= 11 is 5.84. The number of esters is 1. The first kappa shape index (κ1) is 54.5. The van der Waals surface area contributed by atoms with Crippen molar-refractivity contribution < 1.29 is 62.1 Å². The Labute approximate surface area is 430 Å². The summed E-state index contributed by atoms with van der Waals surface area (Å²) < 4.78 is 27.8. The highest BCUT2D eigenvalue weighted by molar-refractivity contribution is 7.71. The summed E-state index contributed by atoms with van der Waals surface area (Å²) in [6, 6.07) is 3.49. The van der Waals surface area contributed by atoms with Gasteiger partial charge in [-0.05, 0) is 67.4 Å². The molecule has 8 amide bonds. The van der Waals surface area contributed by atoms with E-state index in [1.54, 1.807) is 30.5 Å². The van der Waals surface area contributed by atoms with Gasteiger partial charge in [-0.2, -0.15) is 0 Å². The number of amides is 8. The maximum atomic E-state index is 14.9. The number of carbonyl (C=O) groups excluding carboxylic acids is 9. The molecule has 0 saturated carbocycles. The number of aliphatic hydroxyl groups is 1. The summed E-state index contributed by atoms with van der Waals surface area (Å²) in [6.07, 6.45) is 8.86. The van der Waals surface area contributed by atoms with Crippen LogP contribution in [0.4, 0.5) is 4.39 Å². The molecular weight excluding hydrogens is 982 g/mol. The SMILES string of the molecule is CC[C@@]1(O)C(=O)OCc2c1cc1n(c2=S)Cc2c-1nc1cc(F)c(C)cc1c2CNC(=O)COCNC(=O)CNC(=O)[C@H](CC1=CCC(C)C=C1)NC(=O)CNC(=O)CNC(=O)CCCCCN1C(=O)CCC1=O. The molecule has 4 aliphatic rings. The van der Waals surface area contributed by atoms with E-state index in [1.807, 2.05) is 25.2 Å². The number of pyridine rings is 2. The summed E-state index contributed by atoms with van der Waals surface area (Å²) in [7, 11) is 0. The standard InChI is InChI=1S/C51H60FN9O12S/c1-4-51(71)35-18-39-47-33(24-61(39)49(74)34(35)25-73-50(51)70)32(31-16-29(3)36(52)19-37(31)59-47)20-53-44(66)26-72-27-57-42(64)22-56-48(69)38(17-30-11-9-28(2)10-12-30)58-43(65)23-55-41(63)21-54-40(62)8-6-5-7-15-60-45(67)13-14-46(60)68/h9,11-12,16,18-19,28,38,71H,4-8,10,13-15,17,20-27H2,1-3H3,(H,53,66)(H,54,62)(H,55,63)(H,56,69)(H,57,64)(H,58,65)/t28?,38-,51-/m0/s1. The summed E-state index contributed by atoms with van der Waals surface area (Å²) in [5.41, 5.74) is 2.66. The fourth-order valence-electron chi connectivity index (χ4n) is 9.09. The normalized spacial score (nSPS) is 17.9. The molecule has 23 heteroatoms. The van der Waals surface area contributed by atoms with Crippen molar-refractivity contribution in [3.05, 3.63) is 80.3 Å². The van der Waals surface area contributed by atoms with Crippen molar-refractivity contribution in [2.24, 2.45) is 5.92 Å². The van der Waals surface area contributed by atoms with Crippen molar-refractivity contribution in [2.75, 3.05) is 39.5 Å². The van der Waals surface area contributed by atoms with Crippen LogP contribution < -0.4 is 31.9 Å². The predicted molar refractivity (Wildman–Crippen MR) is 266 cm³/mol. The zero-order valence-electron chi connectivity index (χ0n) is 41.4. The summed E-state index contributed by atoms with van der Waals surface area (Å²) in [5.74, 6) is -4.95. The minimum absolute atomic E-state index is 0.0266. The van der Waals surface area contributed by atoms with E-state index in [0.717, 1.165) is 12.0 Å². The first-order valence-corrected chi connectivity index (χ1v) is 25.0. The fourth-order valence-corrected chi connectivity index (χ4v) is 9.42. The van der Waals surface area contributed by atoms with Crippen molar-refractivity contribution in [3.63, 3.8) is 0 Å². The first-order chi connectivity index (χ1) is 35.4. The maximum Gasteiger partial charge on any atom is 0.343 e. The molecule has 7 rings (SSSR count). The fraction of sp³-hybridized carbons (Fsp3) is 0.471. The number of likely N-dealkylation sites (tertiary alicyclic amines) is 1. The second kappa shape index (κ2) is 24.2. The van der Waals surface area contributed by atoms with Gasteiger partial charge in [0, 0.05) is 66.9 Å². The molecule has 3 aliphatic heterocycles. The Bertz CT molecular complexity index is 2910. The summed E-state index contributed by atoms with van der Waals surface area (Å²) in [5, 5.41) is 27.2. The van der Waals surface area contributed by atoms with Crippen LogP contribution in [-0.2, 0) is 77.9 Å². The van der Waals surface area contributed by atoms with Crippen LogP contribution in [0.1, 0.15) is 99.5 Å². The Morgan fingerprint density at radius 1 is 0.919 bits per heavy atom. The Morgan fingerprint density at radius 3 is 2.36 bits per heavy atom. The van der Waals surface area contributed by atoms with Crippen molar-refractivity contribution >= 4 is 76.3 Å². The lowest BCUT2D eigenvalue weighted by Crippen LogP contribution is -2.51. The van der Waals surface area contributed by atoms with Crippen molar-refractivity contribution in [1.29, 1.82) is 0 Å². The average Bonchev–Trinajstić information content (AvgIpc) is 3.92. The van der Waals surface area contributed by atoms with Crippen LogP contribution in [-0.4, -0.2) is 118 Å². The van der Waals surface area contributed by atoms with Crippen LogP contribution in [0.25, 0.3) is 22.3 Å². The van der Waals surface area contributed by atoms with Gasteiger partial charge in [0.15, 0.2) is 5.60 Å². The minimum Gasteiger partial charge on any atom is -0.458 e. The van der Waals surface area contributed by atoms with Crippen molar-refractivity contribution in [3.8, 4) is 11.4 Å². The lowest BCUT2D eigenvalue weighted by molar-refractivity contribution is -0.172. The van der Waals surface area contributed by atoms with Crippen LogP contribution in [0.5, 0.6) is 0 Å². The highest BCUT2D eigenvalue weighted by Gasteiger charge is 2.45. The number of carbonyl (C=O) groups is 9. The number of fused-ring (bicyclic) bond motifs is 5. The number of nitrogens with one attached hydrogen (secondary N) is 6. The molecule has 21 nitrogen and oxygen atoms in total. The van der Waals surface area contributed by atoms with Gasteiger partial charge in [-0.25, -0.2) is 14.2 Å². The Balaban J connectivity index is 0.860. The molecule has 74 heavy (non-hydrogen) atoms. The number of halogens is 1. The lowest BCUT2D eigenvalue weighted by atomic mass is 9.86. The van der Waals surface area contributed by atoms with E-state index in [9.17, 15) is 52.6 Å². The topological polar surface area (TPSA) is 286 Å². The smallest absolute Gasteiger partial charge is 0.343 e. The Morgan fingerprint density at radius 2 is 1.64 bits per heavy atom. The predicted octanol–water partition coefficient (Wildman–Crippen LogP) is 2.06. The van der Waals surface area contributed by atoms with Crippen LogP contribution >= 0.6 is 12.2 Å². The molecule has 2 aromatic heterocycles. The lowest BCUT2D eigenvalue weighted by Gasteiger charge is -2.32. The van der Waals surface area contributed by atoms with E-state index < -0.39 is 79.4 Å². The van der Waals surface area contributed by atoms with Crippen LogP contribution in [0.15, 0.2) is 42.0 Å². The quantitative estimate of drug-likeness (QED) is 0.0184. The number of rotatable bonds is 23. The molecule has 0 bridgehead atoms. The van der Waals surface area contributed by atoms with Gasteiger partial charge in [0.2, 0.25) is 47.3 Å². The number of nitrogens with zero attached hydrogens (tertiary/aromatic N) is 3. The average molecular weight is 1040 g/mol. The zero-order valence-corrected chi connectivity index (χ0v) is 42.2. The van der Waals surface area contributed by atoms with Gasteiger partial charge < -0.3 is 51.0 Å². The molecule has 1 aliphatic carbocycles. The highest BCUT2D eigenvalue weighted by Crippen LogP contribution is 2.42. The molecule has 1 aromatic carbocycles. The van der Waals surface area contributed by atoms with E-state index in [1.165, 1.54) is 11.0 Å². The van der Waals surface area contributed by atoms with Gasteiger partial charge in [-0.3, -0.25) is 43.3 Å². The third-order valence-corrected chi connectivity index (χ3v) is 13.9. The molecule has 0 spiro atoms. The Kier molecular flexibility index (Phi) is 17.8.